The molecular weight excluding hydrogens is 420 g/mol. The number of nitrogens with one attached hydrogen (secondary N) is 1. The molecule has 0 spiro atoms. The topological polar surface area (TPSA) is 82.8 Å². The van der Waals surface area contributed by atoms with E-state index < -0.39 is 0 Å². The Morgan fingerprint density at radius 2 is 1.91 bits per heavy atom. The molecule has 7 heteroatoms. The molecule has 0 saturated carbocycles. The Balaban J connectivity index is 1.20. The van der Waals surface area contributed by atoms with Gasteiger partial charge < -0.3 is 24.1 Å². The predicted molar refractivity (Wildman–Crippen MR) is 124 cm³/mol. The zero-order valence-corrected chi connectivity index (χ0v) is 19.6. The fraction of sp³-hybridized carbons (Fsp3) is 0.385. The van der Waals surface area contributed by atoms with E-state index in [-0.39, 0.29) is 11.5 Å². The lowest BCUT2D eigenvalue weighted by Gasteiger charge is -2.18. The summed E-state index contributed by atoms with van der Waals surface area (Å²) in [4.78, 5) is 12.3. The summed E-state index contributed by atoms with van der Waals surface area (Å²) in [7, 11) is 0. The average Bonchev–Trinajstić information content (AvgIpc) is 3.27. The molecule has 3 aromatic rings. The van der Waals surface area contributed by atoms with E-state index in [1.807, 2.05) is 50.2 Å². The van der Waals surface area contributed by atoms with Gasteiger partial charge in [0.05, 0.1) is 24.2 Å². The van der Waals surface area contributed by atoms with Gasteiger partial charge in [-0.1, -0.05) is 29.4 Å². The number of amides is 1. The van der Waals surface area contributed by atoms with Crippen molar-refractivity contribution in [3.8, 4) is 17.2 Å². The van der Waals surface area contributed by atoms with Crippen LogP contribution in [0.5, 0.6) is 17.2 Å². The molecule has 0 aliphatic carbocycles. The zero-order chi connectivity index (χ0) is 23.4. The standard InChI is InChI=1S/C26H30N2O5/c1-17-22(18(2)33-28-17)16-31-21-10-8-19(9-11-21)14-24(29)27-12-13-30-23-7-5-6-20-15-26(3,4)32-25(20)23/h5-11H,12-16H2,1-4H3,(H,27,29). The van der Waals surface area contributed by atoms with Crippen molar-refractivity contribution in [2.75, 3.05) is 13.2 Å². The fourth-order valence-electron chi connectivity index (χ4n) is 3.87. The van der Waals surface area contributed by atoms with Crippen LogP contribution in [0.3, 0.4) is 0 Å². The lowest BCUT2D eigenvalue weighted by molar-refractivity contribution is -0.120. The van der Waals surface area contributed by atoms with Crippen LogP contribution < -0.4 is 19.5 Å². The van der Waals surface area contributed by atoms with Gasteiger partial charge in [-0.2, -0.15) is 0 Å². The number of carbonyl (C=O) groups is 1. The fourth-order valence-corrected chi connectivity index (χ4v) is 3.87. The first-order chi connectivity index (χ1) is 15.8. The van der Waals surface area contributed by atoms with E-state index in [0.717, 1.165) is 51.8 Å². The van der Waals surface area contributed by atoms with Crippen molar-refractivity contribution >= 4 is 5.91 Å². The summed E-state index contributed by atoms with van der Waals surface area (Å²) in [6.07, 6.45) is 1.15. The van der Waals surface area contributed by atoms with E-state index in [9.17, 15) is 4.79 Å². The summed E-state index contributed by atoms with van der Waals surface area (Å²) < 4.78 is 22.8. The molecule has 0 bridgehead atoms. The number of hydrogen-bond donors (Lipinski definition) is 1. The van der Waals surface area contributed by atoms with E-state index in [1.54, 1.807) is 0 Å². The van der Waals surface area contributed by atoms with E-state index in [4.69, 9.17) is 18.7 Å². The Bertz CT molecular complexity index is 1100. The molecule has 33 heavy (non-hydrogen) atoms. The van der Waals surface area contributed by atoms with E-state index in [1.165, 1.54) is 0 Å². The van der Waals surface area contributed by atoms with Gasteiger partial charge >= 0.3 is 0 Å². The van der Waals surface area contributed by atoms with Crippen LogP contribution in [0.1, 0.15) is 42.0 Å². The number of aromatic nitrogens is 1. The van der Waals surface area contributed by atoms with Gasteiger partial charge in [-0.3, -0.25) is 4.79 Å². The van der Waals surface area contributed by atoms with Gasteiger partial charge in [-0.05, 0) is 51.5 Å². The van der Waals surface area contributed by atoms with Gasteiger partial charge in [0.2, 0.25) is 5.91 Å². The highest BCUT2D eigenvalue weighted by Gasteiger charge is 2.32. The highest BCUT2D eigenvalue weighted by Crippen LogP contribution is 2.41. The summed E-state index contributed by atoms with van der Waals surface area (Å²) >= 11 is 0. The number of benzene rings is 2. The molecule has 1 N–H and O–H groups in total. The maximum Gasteiger partial charge on any atom is 0.224 e. The van der Waals surface area contributed by atoms with Crippen LogP contribution in [0.25, 0.3) is 0 Å². The first-order valence-electron chi connectivity index (χ1n) is 11.1. The smallest absolute Gasteiger partial charge is 0.224 e. The number of para-hydroxylation sites is 1. The monoisotopic (exact) mass is 450 g/mol. The molecule has 0 atom stereocenters. The Hall–Kier alpha value is -3.48. The van der Waals surface area contributed by atoms with Crippen molar-refractivity contribution in [2.24, 2.45) is 0 Å². The molecule has 7 nitrogen and oxygen atoms in total. The van der Waals surface area contributed by atoms with Crippen molar-refractivity contribution in [1.29, 1.82) is 0 Å². The molecule has 1 amide bonds. The molecule has 2 aromatic carbocycles. The summed E-state index contributed by atoms with van der Waals surface area (Å²) in [5.74, 6) is 2.97. The minimum Gasteiger partial charge on any atom is -0.489 e. The van der Waals surface area contributed by atoms with E-state index >= 15 is 0 Å². The Kier molecular flexibility index (Phi) is 6.58. The Morgan fingerprint density at radius 1 is 1.12 bits per heavy atom. The maximum atomic E-state index is 12.3. The quantitative estimate of drug-likeness (QED) is 0.489. The first kappa shape index (κ1) is 22.7. The summed E-state index contributed by atoms with van der Waals surface area (Å²) in [6, 6.07) is 13.4. The highest BCUT2D eigenvalue weighted by atomic mass is 16.5. The van der Waals surface area contributed by atoms with Crippen molar-refractivity contribution < 1.29 is 23.5 Å². The number of ether oxygens (including phenoxy) is 3. The van der Waals surface area contributed by atoms with Crippen LogP contribution in [0.2, 0.25) is 0 Å². The van der Waals surface area contributed by atoms with Crippen molar-refractivity contribution in [3.05, 3.63) is 70.6 Å². The van der Waals surface area contributed by atoms with Crippen molar-refractivity contribution in [3.63, 3.8) is 0 Å². The first-order valence-corrected chi connectivity index (χ1v) is 11.1. The van der Waals surface area contributed by atoms with Gasteiger partial charge in [-0.15, -0.1) is 0 Å². The second-order valence-electron chi connectivity index (χ2n) is 8.89. The van der Waals surface area contributed by atoms with Crippen molar-refractivity contribution in [1.82, 2.24) is 10.5 Å². The molecule has 2 heterocycles. The maximum absolute atomic E-state index is 12.3. The van der Waals surface area contributed by atoms with Gasteiger partial charge in [0.25, 0.3) is 0 Å². The third-order valence-electron chi connectivity index (χ3n) is 5.59. The molecule has 174 valence electrons. The normalized spacial score (nSPS) is 13.8. The number of nitrogens with zero attached hydrogens (tertiary/aromatic N) is 1. The third-order valence-corrected chi connectivity index (χ3v) is 5.59. The van der Waals surface area contributed by atoms with Crippen LogP contribution in [0.15, 0.2) is 47.0 Å². The Morgan fingerprint density at radius 3 is 2.64 bits per heavy atom. The van der Waals surface area contributed by atoms with Crippen LogP contribution in [0.4, 0.5) is 0 Å². The molecule has 0 radical (unpaired) electrons. The van der Waals surface area contributed by atoms with Gasteiger partial charge in [-0.25, -0.2) is 0 Å². The third kappa shape index (κ3) is 5.66. The summed E-state index contributed by atoms with van der Waals surface area (Å²) in [5.41, 5.74) is 3.63. The van der Waals surface area contributed by atoms with Gasteiger partial charge in [0.1, 0.15) is 30.3 Å². The number of rotatable bonds is 9. The Labute approximate surface area is 194 Å². The molecule has 0 fully saturated rings. The predicted octanol–water partition coefficient (Wildman–Crippen LogP) is 4.32. The molecule has 1 aromatic heterocycles. The molecule has 0 saturated heterocycles. The second kappa shape index (κ2) is 9.57. The minimum absolute atomic E-state index is 0.0568. The van der Waals surface area contributed by atoms with Crippen LogP contribution >= 0.6 is 0 Å². The lowest BCUT2D eigenvalue weighted by atomic mass is 10.0. The van der Waals surface area contributed by atoms with Gasteiger partial charge in [0, 0.05) is 12.0 Å². The van der Waals surface area contributed by atoms with E-state index in [2.05, 4.69) is 30.4 Å². The molecule has 1 aliphatic heterocycles. The second-order valence-corrected chi connectivity index (χ2v) is 8.89. The highest BCUT2D eigenvalue weighted by molar-refractivity contribution is 5.78. The van der Waals surface area contributed by atoms with E-state index in [0.29, 0.717) is 26.2 Å². The number of fused-ring (bicyclic) bond motifs is 1. The molecule has 4 rings (SSSR count). The van der Waals surface area contributed by atoms with Gasteiger partial charge in [0.15, 0.2) is 11.5 Å². The largest absolute Gasteiger partial charge is 0.489 e. The molecular formula is C26H30N2O5. The van der Waals surface area contributed by atoms with Crippen molar-refractivity contribution in [2.45, 2.75) is 52.7 Å². The lowest BCUT2D eigenvalue weighted by Crippen LogP contribution is -2.29. The molecule has 1 aliphatic rings. The van der Waals surface area contributed by atoms with Crippen LogP contribution in [-0.2, 0) is 24.2 Å². The summed E-state index contributed by atoms with van der Waals surface area (Å²) in [6.45, 7) is 9.08. The van der Waals surface area contributed by atoms with Crippen LogP contribution in [0, 0.1) is 13.8 Å². The number of carbonyl (C=O) groups excluding carboxylic acids is 1. The zero-order valence-electron chi connectivity index (χ0n) is 19.6. The van der Waals surface area contributed by atoms with Crippen LogP contribution in [-0.4, -0.2) is 29.8 Å². The molecule has 0 unspecified atom stereocenters. The number of aryl methyl sites for hydroxylation is 2. The summed E-state index contributed by atoms with van der Waals surface area (Å²) in [5, 5.41) is 6.83. The average molecular weight is 451 g/mol. The minimum atomic E-state index is -0.217. The SMILES string of the molecule is Cc1noc(C)c1COc1ccc(CC(=O)NCCOc2cccc3c2OC(C)(C)C3)cc1. The number of hydrogen-bond acceptors (Lipinski definition) is 6.